The highest BCUT2D eigenvalue weighted by molar-refractivity contribution is 7.89. The van der Waals surface area contributed by atoms with Gasteiger partial charge in [-0.15, -0.1) is 0 Å². The number of hydrogen-bond donors (Lipinski definition) is 1. The molecule has 1 aliphatic heterocycles. The average molecular weight is 392 g/mol. The van der Waals surface area contributed by atoms with Crippen molar-refractivity contribution in [2.24, 2.45) is 11.8 Å². The van der Waals surface area contributed by atoms with E-state index in [-0.39, 0.29) is 40.2 Å². The van der Waals surface area contributed by atoms with Crippen molar-refractivity contribution in [1.82, 2.24) is 4.31 Å². The highest BCUT2D eigenvalue weighted by atomic mass is 35.5. The Morgan fingerprint density at radius 1 is 1.28 bits per heavy atom. The van der Waals surface area contributed by atoms with Crippen LogP contribution in [0.25, 0.3) is 0 Å². The quantitative estimate of drug-likeness (QED) is 0.757. The molecule has 1 heterocycles. The van der Waals surface area contributed by atoms with Crippen molar-refractivity contribution in [3.8, 4) is 5.75 Å². The molecule has 1 saturated heterocycles. The van der Waals surface area contributed by atoms with Crippen LogP contribution in [0.2, 0.25) is 5.02 Å². The summed E-state index contributed by atoms with van der Waals surface area (Å²) >= 11 is 5.96. The predicted molar refractivity (Wildman–Crippen MR) is 88.4 cm³/mol. The Balaban J connectivity index is 2.55. The van der Waals surface area contributed by atoms with Gasteiger partial charge >= 0.3 is 11.9 Å². The Morgan fingerprint density at radius 2 is 1.92 bits per heavy atom. The Labute approximate surface area is 150 Å². The summed E-state index contributed by atoms with van der Waals surface area (Å²) < 4.78 is 36.8. The fourth-order valence-corrected chi connectivity index (χ4v) is 4.86. The lowest BCUT2D eigenvalue weighted by Gasteiger charge is -2.19. The molecule has 25 heavy (non-hydrogen) atoms. The zero-order valence-electron chi connectivity index (χ0n) is 13.9. The van der Waals surface area contributed by atoms with Crippen LogP contribution in [0.4, 0.5) is 0 Å². The molecule has 1 aliphatic rings. The number of carbonyl (C=O) groups excluding carboxylic acids is 1. The SMILES string of the molecule is COC(=O)c1cc(Cl)cc(S(=O)(=O)N2C[C@@H](C)[C@H](C(=O)O)C2)c1OC. The molecule has 0 aliphatic carbocycles. The number of carboxylic acid groups (broad SMARTS) is 1. The summed E-state index contributed by atoms with van der Waals surface area (Å²) in [4.78, 5) is 22.8. The third kappa shape index (κ3) is 3.58. The van der Waals surface area contributed by atoms with Crippen LogP contribution in [0, 0.1) is 11.8 Å². The number of methoxy groups -OCH3 is 2. The maximum absolute atomic E-state index is 13.0. The fraction of sp³-hybridized carbons (Fsp3) is 0.467. The number of halogens is 1. The zero-order valence-corrected chi connectivity index (χ0v) is 15.4. The minimum atomic E-state index is -4.11. The van der Waals surface area contributed by atoms with Crippen molar-refractivity contribution in [3.63, 3.8) is 0 Å². The molecule has 8 nitrogen and oxygen atoms in total. The largest absolute Gasteiger partial charge is 0.494 e. The van der Waals surface area contributed by atoms with E-state index in [2.05, 4.69) is 4.74 Å². The number of sulfonamides is 1. The Kier molecular flexibility index (Phi) is 5.60. The molecule has 10 heteroatoms. The molecule has 0 radical (unpaired) electrons. The smallest absolute Gasteiger partial charge is 0.341 e. The lowest BCUT2D eigenvalue weighted by atomic mass is 9.99. The lowest BCUT2D eigenvalue weighted by Crippen LogP contribution is -2.30. The molecule has 1 aromatic rings. The number of nitrogens with zero attached hydrogens (tertiary/aromatic N) is 1. The minimum absolute atomic E-state index is 0.0156. The van der Waals surface area contributed by atoms with Gasteiger partial charge in [-0.05, 0) is 18.1 Å². The maximum atomic E-state index is 13.0. The number of carbonyl (C=O) groups is 2. The first kappa shape index (κ1) is 19.5. The van der Waals surface area contributed by atoms with Crippen molar-refractivity contribution in [2.75, 3.05) is 27.3 Å². The standard InChI is InChI=1S/C15H18ClNO7S/c1-8-6-17(7-11(8)14(18)19)25(21,22)12-5-9(16)4-10(13(12)23-2)15(20)24-3/h4-5,8,11H,6-7H2,1-3H3,(H,18,19)/t8-,11-/m1/s1. The van der Waals surface area contributed by atoms with Crippen LogP contribution >= 0.6 is 11.6 Å². The first-order valence-corrected chi connectivity index (χ1v) is 9.14. The van der Waals surface area contributed by atoms with Crippen molar-refractivity contribution < 1.29 is 32.6 Å². The average Bonchev–Trinajstić information content (AvgIpc) is 2.96. The maximum Gasteiger partial charge on any atom is 0.341 e. The van der Waals surface area contributed by atoms with Crippen LogP contribution in [0.15, 0.2) is 17.0 Å². The minimum Gasteiger partial charge on any atom is -0.494 e. The molecule has 1 aromatic carbocycles. The molecule has 0 amide bonds. The summed E-state index contributed by atoms with van der Waals surface area (Å²) in [6, 6.07) is 2.42. The third-order valence-corrected chi connectivity index (χ3v) is 6.20. The van der Waals surface area contributed by atoms with Gasteiger partial charge in [0.2, 0.25) is 10.0 Å². The fourth-order valence-electron chi connectivity index (χ4n) is 2.81. The van der Waals surface area contributed by atoms with Gasteiger partial charge in [0.05, 0.1) is 20.1 Å². The van der Waals surface area contributed by atoms with E-state index in [0.29, 0.717) is 0 Å². The van der Waals surface area contributed by atoms with Gasteiger partial charge in [-0.25, -0.2) is 13.2 Å². The molecule has 138 valence electrons. The summed E-state index contributed by atoms with van der Waals surface area (Å²) in [5, 5.41) is 9.22. The van der Waals surface area contributed by atoms with Gasteiger partial charge in [0.15, 0.2) is 5.75 Å². The number of rotatable bonds is 5. The molecule has 1 N–H and O–H groups in total. The van der Waals surface area contributed by atoms with E-state index in [1.165, 1.54) is 19.2 Å². The summed E-state index contributed by atoms with van der Waals surface area (Å²) in [5.74, 6) is -3.20. The van der Waals surface area contributed by atoms with Crippen LogP contribution < -0.4 is 4.74 Å². The van der Waals surface area contributed by atoms with Crippen molar-refractivity contribution >= 4 is 33.6 Å². The van der Waals surface area contributed by atoms with Crippen LogP contribution in [0.3, 0.4) is 0 Å². The summed E-state index contributed by atoms with van der Waals surface area (Å²) in [6.07, 6.45) is 0. The second-order valence-corrected chi connectivity index (χ2v) is 8.06. The van der Waals surface area contributed by atoms with Crippen LogP contribution in [0.5, 0.6) is 5.75 Å². The van der Waals surface area contributed by atoms with E-state index in [1.807, 2.05) is 0 Å². The van der Waals surface area contributed by atoms with Crippen LogP contribution in [0.1, 0.15) is 17.3 Å². The van der Waals surface area contributed by atoms with Gasteiger partial charge in [0.1, 0.15) is 10.5 Å². The number of benzene rings is 1. The predicted octanol–water partition coefficient (Wildman–Crippen LogP) is 1.48. The number of esters is 1. The Bertz CT molecular complexity index is 808. The van der Waals surface area contributed by atoms with Gasteiger partial charge in [0.25, 0.3) is 0 Å². The molecule has 0 bridgehead atoms. The molecule has 0 saturated carbocycles. The van der Waals surface area contributed by atoms with E-state index >= 15 is 0 Å². The summed E-state index contributed by atoms with van der Waals surface area (Å²) in [7, 11) is -1.74. The van der Waals surface area contributed by atoms with E-state index in [9.17, 15) is 23.1 Å². The molecular weight excluding hydrogens is 374 g/mol. The van der Waals surface area contributed by atoms with Gasteiger partial charge in [-0.1, -0.05) is 18.5 Å². The zero-order chi connectivity index (χ0) is 18.9. The summed E-state index contributed by atoms with van der Waals surface area (Å²) in [5.41, 5.74) is -0.127. The normalized spacial score (nSPS) is 21.1. The molecule has 0 spiro atoms. The lowest BCUT2D eigenvalue weighted by molar-refractivity contribution is -0.142. The van der Waals surface area contributed by atoms with Crippen LogP contribution in [-0.2, 0) is 19.6 Å². The monoisotopic (exact) mass is 391 g/mol. The number of hydrogen-bond acceptors (Lipinski definition) is 6. The first-order chi connectivity index (χ1) is 11.6. The van der Waals surface area contributed by atoms with Crippen molar-refractivity contribution in [3.05, 3.63) is 22.7 Å². The second-order valence-electron chi connectivity index (χ2n) is 5.72. The van der Waals surface area contributed by atoms with E-state index in [0.717, 1.165) is 11.4 Å². The molecule has 0 aromatic heterocycles. The first-order valence-electron chi connectivity index (χ1n) is 7.32. The molecule has 2 rings (SSSR count). The van der Waals surface area contributed by atoms with Crippen LogP contribution in [-0.4, -0.2) is 57.1 Å². The molecule has 1 fully saturated rings. The third-order valence-electron chi connectivity index (χ3n) is 4.14. The molecule has 2 atom stereocenters. The van der Waals surface area contributed by atoms with E-state index in [1.54, 1.807) is 6.92 Å². The van der Waals surface area contributed by atoms with Crippen molar-refractivity contribution in [1.29, 1.82) is 0 Å². The Morgan fingerprint density at radius 3 is 2.40 bits per heavy atom. The Hall–Kier alpha value is -1.84. The van der Waals surface area contributed by atoms with Gasteiger partial charge < -0.3 is 14.6 Å². The van der Waals surface area contributed by atoms with Gasteiger partial charge in [0, 0.05) is 18.1 Å². The molecular formula is C15H18ClNO7S. The van der Waals surface area contributed by atoms with E-state index in [4.69, 9.17) is 16.3 Å². The highest BCUT2D eigenvalue weighted by Gasteiger charge is 2.42. The number of carboxylic acids is 1. The topological polar surface area (TPSA) is 110 Å². The highest BCUT2D eigenvalue weighted by Crippen LogP contribution is 2.36. The number of ether oxygens (including phenoxy) is 2. The van der Waals surface area contributed by atoms with Crippen molar-refractivity contribution in [2.45, 2.75) is 11.8 Å². The molecule has 0 unspecified atom stereocenters. The van der Waals surface area contributed by atoms with Gasteiger partial charge in [-0.2, -0.15) is 4.31 Å². The number of aliphatic carboxylic acids is 1. The van der Waals surface area contributed by atoms with Gasteiger partial charge in [-0.3, -0.25) is 4.79 Å². The summed E-state index contributed by atoms with van der Waals surface area (Å²) in [6.45, 7) is 1.55. The second kappa shape index (κ2) is 7.19. The van der Waals surface area contributed by atoms with E-state index < -0.39 is 27.9 Å².